The van der Waals surface area contributed by atoms with Crippen molar-refractivity contribution >= 4 is 40.1 Å². The van der Waals surface area contributed by atoms with Crippen LogP contribution in [-0.2, 0) is 17.8 Å². The maximum Gasteiger partial charge on any atom is 0.240 e. The number of nitrogens with one attached hydrogen (secondary N) is 1. The Morgan fingerprint density at radius 1 is 1.45 bits per heavy atom. The highest BCUT2D eigenvalue weighted by Gasteiger charge is 2.14. The van der Waals surface area contributed by atoms with Crippen molar-refractivity contribution in [3.8, 4) is 0 Å². The Bertz CT molecular complexity index is 622. The number of amides is 1. The van der Waals surface area contributed by atoms with Crippen LogP contribution in [0.3, 0.4) is 0 Å². The monoisotopic (exact) mass is 313 g/mol. The average Bonchev–Trinajstić information content (AvgIpc) is 2.66. The molecule has 20 heavy (non-hydrogen) atoms. The number of nitrogens with zero attached hydrogens (tertiary/aromatic N) is 2. The van der Waals surface area contributed by atoms with Crippen LogP contribution in [0.15, 0.2) is 18.2 Å². The molecular weight excluding hydrogens is 297 g/mol. The summed E-state index contributed by atoms with van der Waals surface area (Å²) in [6, 6.07) is 5.59. The van der Waals surface area contributed by atoms with E-state index >= 15 is 0 Å². The predicted molar refractivity (Wildman–Crippen MR) is 82.4 cm³/mol. The third-order valence-electron chi connectivity index (χ3n) is 2.86. The van der Waals surface area contributed by atoms with E-state index in [-0.39, 0.29) is 18.5 Å². The number of carbonyl (C=O) groups excluding carboxylic acids is 1. The first-order valence-corrected chi connectivity index (χ1v) is 7.42. The zero-order chi connectivity index (χ0) is 14.7. The van der Waals surface area contributed by atoms with Crippen molar-refractivity contribution in [2.24, 2.45) is 0 Å². The molecule has 0 fully saturated rings. The fourth-order valence-corrected chi connectivity index (χ4v) is 2.45. The smallest absolute Gasteiger partial charge is 0.240 e. The minimum atomic E-state index is -0.0370. The molecule has 0 aliphatic carbocycles. The number of imidazole rings is 1. The number of carbonyl (C=O) groups is 1. The molecule has 0 unspecified atom stereocenters. The van der Waals surface area contributed by atoms with E-state index in [2.05, 4.69) is 10.3 Å². The molecule has 0 bridgehead atoms. The van der Waals surface area contributed by atoms with Crippen molar-refractivity contribution < 1.29 is 4.79 Å². The van der Waals surface area contributed by atoms with Gasteiger partial charge in [-0.1, -0.05) is 11.6 Å². The van der Waals surface area contributed by atoms with Crippen LogP contribution >= 0.6 is 23.2 Å². The number of rotatable bonds is 5. The lowest BCUT2D eigenvalue weighted by Crippen LogP contribution is -2.33. The second-order valence-electron chi connectivity index (χ2n) is 4.91. The summed E-state index contributed by atoms with van der Waals surface area (Å²) in [6.07, 6.45) is 0.614. The fourth-order valence-electron chi connectivity index (χ4n) is 2.12. The van der Waals surface area contributed by atoms with Gasteiger partial charge in [-0.05, 0) is 32.0 Å². The number of alkyl halides is 1. The standard InChI is InChI=1S/C14H17Cl2N3O/c1-9(2)17-14(20)8-19-12-4-3-10(16)7-11(12)18-13(19)5-6-15/h3-4,7,9H,5-6,8H2,1-2H3,(H,17,20). The zero-order valence-electron chi connectivity index (χ0n) is 11.5. The summed E-state index contributed by atoms with van der Waals surface area (Å²) < 4.78 is 1.89. The number of aromatic nitrogens is 2. The van der Waals surface area contributed by atoms with E-state index in [1.807, 2.05) is 24.5 Å². The zero-order valence-corrected chi connectivity index (χ0v) is 13.0. The SMILES string of the molecule is CC(C)NC(=O)Cn1c(CCCl)nc2cc(Cl)ccc21. The first kappa shape index (κ1) is 15.1. The molecule has 2 aromatic rings. The molecule has 1 aromatic carbocycles. The van der Waals surface area contributed by atoms with Crippen molar-refractivity contribution in [1.82, 2.24) is 14.9 Å². The van der Waals surface area contributed by atoms with E-state index in [1.165, 1.54) is 0 Å². The van der Waals surface area contributed by atoms with Gasteiger partial charge in [-0.3, -0.25) is 4.79 Å². The Hall–Kier alpha value is -1.26. The summed E-state index contributed by atoms with van der Waals surface area (Å²) in [4.78, 5) is 16.5. The highest BCUT2D eigenvalue weighted by atomic mass is 35.5. The minimum Gasteiger partial charge on any atom is -0.352 e. The van der Waals surface area contributed by atoms with Crippen LogP contribution in [0, 0.1) is 0 Å². The third-order valence-corrected chi connectivity index (χ3v) is 3.28. The van der Waals surface area contributed by atoms with E-state index in [9.17, 15) is 4.79 Å². The quantitative estimate of drug-likeness (QED) is 0.863. The van der Waals surface area contributed by atoms with Crippen molar-refractivity contribution in [2.75, 3.05) is 5.88 Å². The lowest BCUT2D eigenvalue weighted by molar-refractivity contribution is -0.122. The lowest BCUT2D eigenvalue weighted by atomic mass is 10.3. The van der Waals surface area contributed by atoms with E-state index in [0.29, 0.717) is 17.3 Å². The van der Waals surface area contributed by atoms with Crippen LogP contribution in [0.1, 0.15) is 19.7 Å². The van der Waals surface area contributed by atoms with E-state index in [0.717, 1.165) is 16.9 Å². The molecule has 0 radical (unpaired) electrons. The molecule has 0 aliphatic rings. The molecule has 6 heteroatoms. The summed E-state index contributed by atoms with van der Waals surface area (Å²) in [5.74, 6) is 1.23. The minimum absolute atomic E-state index is 0.0370. The summed E-state index contributed by atoms with van der Waals surface area (Å²) >= 11 is 11.8. The van der Waals surface area contributed by atoms with Gasteiger partial charge in [-0.15, -0.1) is 11.6 Å². The molecule has 4 nitrogen and oxygen atoms in total. The van der Waals surface area contributed by atoms with E-state index in [4.69, 9.17) is 23.2 Å². The van der Waals surface area contributed by atoms with Crippen molar-refractivity contribution in [3.05, 3.63) is 29.0 Å². The second-order valence-corrected chi connectivity index (χ2v) is 5.72. The summed E-state index contributed by atoms with van der Waals surface area (Å²) in [5, 5.41) is 3.51. The molecule has 0 spiro atoms. The summed E-state index contributed by atoms with van der Waals surface area (Å²) in [7, 11) is 0. The van der Waals surface area contributed by atoms with E-state index < -0.39 is 0 Å². The number of hydrogen-bond donors (Lipinski definition) is 1. The topological polar surface area (TPSA) is 46.9 Å². The first-order valence-electron chi connectivity index (χ1n) is 6.51. The van der Waals surface area contributed by atoms with Crippen LogP contribution in [0.5, 0.6) is 0 Å². The van der Waals surface area contributed by atoms with Gasteiger partial charge in [0.05, 0.1) is 11.0 Å². The largest absolute Gasteiger partial charge is 0.352 e. The summed E-state index contributed by atoms with van der Waals surface area (Å²) in [5.41, 5.74) is 1.68. The van der Waals surface area contributed by atoms with Gasteiger partial charge in [0.2, 0.25) is 5.91 Å². The molecule has 0 aliphatic heterocycles. The molecule has 1 aromatic heterocycles. The fraction of sp³-hybridized carbons (Fsp3) is 0.429. The van der Waals surface area contributed by atoms with Crippen LogP contribution < -0.4 is 5.32 Å². The Morgan fingerprint density at radius 2 is 2.20 bits per heavy atom. The van der Waals surface area contributed by atoms with Crippen molar-refractivity contribution in [3.63, 3.8) is 0 Å². The van der Waals surface area contributed by atoms with Crippen LogP contribution in [0.25, 0.3) is 11.0 Å². The Balaban J connectivity index is 2.38. The van der Waals surface area contributed by atoms with E-state index in [1.54, 1.807) is 12.1 Å². The molecular formula is C14H17Cl2N3O. The molecule has 0 saturated heterocycles. The van der Waals surface area contributed by atoms with Gasteiger partial charge in [0, 0.05) is 23.4 Å². The molecule has 0 atom stereocenters. The second kappa shape index (κ2) is 6.46. The van der Waals surface area contributed by atoms with Crippen LogP contribution in [0.4, 0.5) is 0 Å². The maximum absolute atomic E-state index is 12.0. The molecule has 1 amide bonds. The van der Waals surface area contributed by atoms with Gasteiger partial charge in [0.1, 0.15) is 12.4 Å². The number of hydrogen-bond acceptors (Lipinski definition) is 2. The maximum atomic E-state index is 12.0. The lowest BCUT2D eigenvalue weighted by Gasteiger charge is -2.11. The molecule has 1 heterocycles. The molecule has 108 valence electrons. The number of benzene rings is 1. The number of halogens is 2. The van der Waals surface area contributed by atoms with Gasteiger partial charge < -0.3 is 9.88 Å². The van der Waals surface area contributed by atoms with Gasteiger partial charge >= 0.3 is 0 Å². The number of fused-ring (bicyclic) bond motifs is 1. The number of aryl methyl sites for hydroxylation is 1. The van der Waals surface area contributed by atoms with Crippen LogP contribution in [0.2, 0.25) is 5.02 Å². The third kappa shape index (κ3) is 3.44. The first-order chi connectivity index (χ1) is 9.51. The van der Waals surface area contributed by atoms with Crippen LogP contribution in [-0.4, -0.2) is 27.4 Å². The molecule has 0 saturated carbocycles. The average molecular weight is 314 g/mol. The van der Waals surface area contributed by atoms with Gasteiger partial charge in [-0.25, -0.2) is 4.98 Å². The molecule has 2 rings (SSSR count). The van der Waals surface area contributed by atoms with Gasteiger partial charge in [0.25, 0.3) is 0 Å². The van der Waals surface area contributed by atoms with Crippen molar-refractivity contribution in [1.29, 1.82) is 0 Å². The Morgan fingerprint density at radius 3 is 2.85 bits per heavy atom. The van der Waals surface area contributed by atoms with Gasteiger partial charge in [-0.2, -0.15) is 0 Å². The Kier molecular flexibility index (Phi) is 4.89. The normalized spacial score (nSPS) is 11.2. The summed E-state index contributed by atoms with van der Waals surface area (Å²) in [6.45, 7) is 4.11. The molecule has 1 N–H and O–H groups in total. The predicted octanol–water partition coefficient (Wildman–Crippen LogP) is 3.00. The van der Waals surface area contributed by atoms with Gasteiger partial charge in [0.15, 0.2) is 0 Å². The van der Waals surface area contributed by atoms with Crippen molar-refractivity contribution in [2.45, 2.75) is 32.9 Å². The highest BCUT2D eigenvalue weighted by Crippen LogP contribution is 2.21. The highest BCUT2D eigenvalue weighted by molar-refractivity contribution is 6.31. The Labute approximate surface area is 128 Å².